The summed E-state index contributed by atoms with van der Waals surface area (Å²) in [5, 5.41) is 23.4. The largest absolute Gasteiger partial charge is 0.478 e. The Bertz CT molecular complexity index is 1040. The van der Waals surface area contributed by atoms with Crippen molar-refractivity contribution in [2.24, 2.45) is 11.3 Å². The summed E-state index contributed by atoms with van der Waals surface area (Å²) < 4.78 is 5.32. The van der Waals surface area contributed by atoms with Crippen LogP contribution in [0.1, 0.15) is 72.3 Å². The normalized spacial score (nSPS) is 22.1. The van der Waals surface area contributed by atoms with E-state index in [0.717, 1.165) is 73.2 Å². The van der Waals surface area contributed by atoms with Crippen LogP contribution >= 0.6 is 11.3 Å². The van der Waals surface area contributed by atoms with Gasteiger partial charge in [0.15, 0.2) is 0 Å². The first-order valence-corrected chi connectivity index (χ1v) is 12.3. The standard InChI is InChI=1S/C26H32N2O3S/c1-26(2)11-10-22-20(13-26)23(25(29)30)24(32-22)19-12-17(14-27)6-9-21(19)28-18-7-4-16(5-8-18)15-31-3/h6,9,12,16,18,28H,4-5,7-8,10-11,13,15H2,1-3H3,(H,29,30). The van der Waals surface area contributed by atoms with Crippen molar-refractivity contribution in [2.75, 3.05) is 19.0 Å². The molecule has 2 N–H and O–H groups in total. The van der Waals surface area contributed by atoms with Gasteiger partial charge in [-0.25, -0.2) is 4.79 Å². The number of rotatable bonds is 6. The molecule has 0 aliphatic heterocycles. The van der Waals surface area contributed by atoms with Crippen molar-refractivity contribution in [3.05, 3.63) is 39.8 Å². The lowest BCUT2D eigenvalue weighted by Crippen LogP contribution is -2.27. The topological polar surface area (TPSA) is 82.3 Å². The molecule has 0 spiro atoms. The molecule has 6 heteroatoms. The van der Waals surface area contributed by atoms with Gasteiger partial charge < -0.3 is 15.2 Å². The van der Waals surface area contributed by atoms with Crippen LogP contribution in [0.5, 0.6) is 0 Å². The molecule has 5 nitrogen and oxygen atoms in total. The number of ether oxygens (including phenoxy) is 1. The van der Waals surface area contributed by atoms with E-state index < -0.39 is 5.97 Å². The predicted octanol–water partition coefficient (Wildman–Crippen LogP) is 6.12. The van der Waals surface area contributed by atoms with Crippen molar-refractivity contribution in [2.45, 2.75) is 64.8 Å². The molecule has 0 unspecified atom stereocenters. The highest BCUT2D eigenvalue weighted by Gasteiger charge is 2.33. The molecule has 1 aromatic heterocycles. The van der Waals surface area contributed by atoms with Gasteiger partial charge in [-0.15, -0.1) is 11.3 Å². The number of nitrogens with one attached hydrogen (secondary N) is 1. The number of hydrogen-bond donors (Lipinski definition) is 2. The minimum absolute atomic E-state index is 0.103. The molecule has 0 radical (unpaired) electrons. The molecule has 0 bridgehead atoms. The summed E-state index contributed by atoms with van der Waals surface area (Å²) >= 11 is 1.60. The third-order valence-electron chi connectivity index (χ3n) is 6.99. The second-order valence-corrected chi connectivity index (χ2v) is 11.1. The van der Waals surface area contributed by atoms with Gasteiger partial charge >= 0.3 is 5.97 Å². The minimum Gasteiger partial charge on any atom is -0.478 e. The fourth-order valence-electron chi connectivity index (χ4n) is 5.19. The van der Waals surface area contributed by atoms with Crippen LogP contribution in [0.25, 0.3) is 10.4 Å². The Balaban J connectivity index is 1.70. The Labute approximate surface area is 194 Å². The molecule has 170 valence electrons. The van der Waals surface area contributed by atoms with Gasteiger partial charge in [-0.1, -0.05) is 13.8 Å². The number of carboxylic acid groups (broad SMARTS) is 1. The average molecular weight is 453 g/mol. The lowest BCUT2D eigenvalue weighted by atomic mass is 9.76. The molecule has 1 fully saturated rings. The van der Waals surface area contributed by atoms with Gasteiger partial charge in [0.25, 0.3) is 0 Å². The van der Waals surface area contributed by atoms with E-state index in [0.29, 0.717) is 23.1 Å². The molecular weight excluding hydrogens is 420 g/mol. The zero-order valence-electron chi connectivity index (χ0n) is 19.2. The van der Waals surface area contributed by atoms with Crippen LogP contribution in [0, 0.1) is 22.7 Å². The van der Waals surface area contributed by atoms with Crippen LogP contribution in [-0.4, -0.2) is 30.8 Å². The molecule has 1 saturated carbocycles. The highest BCUT2D eigenvalue weighted by atomic mass is 32.1. The molecule has 2 aliphatic rings. The van der Waals surface area contributed by atoms with E-state index in [-0.39, 0.29) is 5.41 Å². The fraction of sp³-hybridized carbons (Fsp3) is 0.538. The molecular formula is C26H32N2O3S. The molecule has 0 saturated heterocycles. The Kier molecular flexibility index (Phi) is 6.60. The number of methoxy groups -OCH3 is 1. The third kappa shape index (κ3) is 4.69. The number of nitrogens with zero attached hydrogens (tertiary/aromatic N) is 1. The van der Waals surface area contributed by atoms with Gasteiger partial charge in [0, 0.05) is 35.9 Å². The molecule has 0 atom stereocenters. The lowest BCUT2D eigenvalue weighted by Gasteiger charge is -2.30. The number of thiophene rings is 1. The van der Waals surface area contributed by atoms with Gasteiger partial charge in [-0.3, -0.25) is 0 Å². The Hall–Kier alpha value is -2.36. The van der Waals surface area contributed by atoms with Crippen molar-refractivity contribution >= 4 is 23.0 Å². The number of carbonyl (C=O) groups is 1. The molecule has 32 heavy (non-hydrogen) atoms. The van der Waals surface area contributed by atoms with E-state index in [1.807, 2.05) is 18.2 Å². The first kappa shape index (κ1) is 22.8. The molecule has 4 rings (SSSR count). The maximum Gasteiger partial charge on any atom is 0.337 e. The molecule has 2 aliphatic carbocycles. The summed E-state index contributed by atoms with van der Waals surface area (Å²) in [4.78, 5) is 14.4. The zero-order valence-corrected chi connectivity index (χ0v) is 20.0. The van der Waals surface area contributed by atoms with Crippen LogP contribution in [0.3, 0.4) is 0 Å². The Morgan fingerprint density at radius 2 is 2.06 bits per heavy atom. The number of fused-ring (bicyclic) bond motifs is 1. The zero-order chi connectivity index (χ0) is 22.9. The van der Waals surface area contributed by atoms with E-state index in [9.17, 15) is 15.2 Å². The monoisotopic (exact) mass is 452 g/mol. The van der Waals surface area contributed by atoms with E-state index >= 15 is 0 Å². The van der Waals surface area contributed by atoms with Gasteiger partial charge in [0.1, 0.15) is 0 Å². The van der Waals surface area contributed by atoms with Gasteiger partial charge in [0.05, 0.1) is 22.1 Å². The number of nitriles is 1. The van der Waals surface area contributed by atoms with Crippen molar-refractivity contribution in [1.29, 1.82) is 5.26 Å². The summed E-state index contributed by atoms with van der Waals surface area (Å²) in [7, 11) is 1.76. The summed E-state index contributed by atoms with van der Waals surface area (Å²) in [6.45, 7) is 5.23. The highest BCUT2D eigenvalue weighted by molar-refractivity contribution is 7.16. The highest BCUT2D eigenvalue weighted by Crippen LogP contribution is 2.47. The second kappa shape index (κ2) is 9.25. The number of aryl methyl sites for hydroxylation is 1. The first-order valence-electron chi connectivity index (χ1n) is 11.5. The maximum absolute atomic E-state index is 12.4. The molecule has 1 heterocycles. The maximum atomic E-state index is 12.4. The number of aromatic carboxylic acids is 1. The van der Waals surface area contributed by atoms with Gasteiger partial charge in [-0.05, 0) is 80.0 Å². The van der Waals surface area contributed by atoms with Crippen molar-refractivity contribution in [3.63, 3.8) is 0 Å². The molecule has 2 aromatic rings. The Morgan fingerprint density at radius 1 is 1.31 bits per heavy atom. The Morgan fingerprint density at radius 3 is 2.72 bits per heavy atom. The average Bonchev–Trinajstić information content (AvgIpc) is 3.13. The predicted molar refractivity (Wildman–Crippen MR) is 128 cm³/mol. The van der Waals surface area contributed by atoms with E-state index in [1.165, 1.54) is 4.88 Å². The summed E-state index contributed by atoms with van der Waals surface area (Å²) in [6, 6.07) is 8.19. The number of hydrogen-bond acceptors (Lipinski definition) is 5. The van der Waals surface area contributed by atoms with Crippen LogP contribution in [0.4, 0.5) is 5.69 Å². The first-order chi connectivity index (χ1) is 15.3. The summed E-state index contributed by atoms with van der Waals surface area (Å²) in [6.07, 6.45) is 7.14. The van der Waals surface area contributed by atoms with E-state index in [1.54, 1.807) is 18.4 Å². The number of carboxylic acids is 1. The van der Waals surface area contributed by atoms with Crippen molar-refractivity contribution in [1.82, 2.24) is 0 Å². The van der Waals surface area contributed by atoms with Crippen molar-refractivity contribution in [3.8, 4) is 16.5 Å². The lowest BCUT2D eigenvalue weighted by molar-refractivity contribution is 0.0696. The smallest absolute Gasteiger partial charge is 0.337 e. The minimum atomic E-state index is -0.872. The summed E-state index contributed by atoms with van der Waals surface area (Å²) in [5.41, 5.74) is 3.85. The third-order valence-corrected chi connectivity index (χ3v) is 8.32. The van der Waals surface area contributed by atoms with Gasteiger partial charge in [0.2, 0.25) is 0 Å². The van der Waals surface area contributed by atoms with E-state index in [4.69, 9.17) is 4.74 Å². The van der Waals surface area contributed by atoms with Crippen molar-refractivity contribution < 1.29 is 14.6 Å². The quantitative estimate of drug-likeness (QED) is 0.552. The molecule has 1 aromatic carbocycles. The second-order valence-electron chi connectivity index (χ2n) is 10.0. The molecule has 0 amide bonds. The SMILES string of the molecule is COCC1CCC(Nc2ccc(C#N)cc2-c2sc3c(c2C(=O)O)CC(C)(C)CC3)CC1. The number of anilines is 1. The van der Waals surface area contributed by atoms with E-state index in [2.05, 4.69) is 25.2 Å². The van der Waals surface area contributed by atoms with Gasteiger partial charge in [-0.2, -0.15) is 5.26 Å². The van der Waals surface area contributed by atoms with Crippen LogP contribution < -0.4 is 5.32 Å². The van der Waals surface area contributed by atoms with Crippen LogP contribution in [-0.2, 0) is 17.6 Å². The van der Waals surface area contributed by atoms with Crippen LogP contribution in [0.2, 0.25) is 0 Å². The fourth-order valence-corrected chi connectivity index (χ4v) is 6.53. The number of benzene rings is 1. The van der Waals surface area contributed by atoms with Crippen LogP contribution in [0.15, 0.2) is 18.2 Å². The summed E-state index contributed by atoms with van der Waals surface area (Å²) in [5.74, 6) is -0.256.